The number of rotatable bonds is 5. The summed E-state index contributed by atoms with van der Waals surface area (Å²) in [5.74, 6) is 1.86. The van der Waals surface area contributed by atoms with Crippen LogP contribution in [0.5, 0.6) is 0 Å². The summed E-state index contributed by atoms with van der Waals surface area (Å²) in [4.78, 5) is 25.5. The lowest BCUT2D eigenvalue weighted by molar-refractivity contribution is 0.0778. The average molecular weight is 405 g/mol. The van der Waals surface area contributed by atoms with E-state index in [2.05, 4.69) is 46.1 Å². The molecule has 3 fully saturated rings. The Labute approximate surface area is 179 Å². The molecule has 1 saturated carbocycles. The molecular weight excluding hydrogens is 372 g/mol. The number of fused-ring (bicyclic) bond motifs is 1. The maximum atomic E-state index is 12.8. The third kappa shape index (κ3) is 3.87. The summed E-state index contributed by atoms with van der Waals surface area (Å²) in [6, 6.07) is 10.1. The number of carbonyl (C=O) groups is 1. The predicted octanol–water partition coefficient (Wildman–Crippen LogP) is 3.77. The second-order valence-electron chi connectivity index (χ2n) is 9.46. The molecule has 30 heavy (non-hydrogen) atoms. The molecule has 2 saturated heterocycles. The molecule has 5 rings (SSSR count). The minimum absolute atomic E-state index is 0.0789. The molecule has 3 heterocycles. The van der Waals surface area contributed by atoms with Gasteiger partial charge in [0.25, 0.3) is 5.91 Å². The third-order valence-electron chi connectivity index (χ3n) is 7.74. The number of likely N-dealkylation sites (tertiary alicyclic amines) is 2. The van der Waals surface area contributed by atoms with Crippen molar-refractivity contribution in [2.45, 2.75) is 51.0 Å². The van der Waals surface area contributed by atoms with Gasteiger partial charge in [-0.3, -0.25) is 4.79 Å². The Morgan fingerprint density at radius 2 is 1.87 bits per heavy atom. The van der Waals surface area contributed by atoms with Gasteiger partial charge in [0.05, 0.1) is 5.56 Å². The quantitative estimate of drug-likeness (QED) is 0.761. The van der Waals surface area contributed by atoms with E-state index in [4.69, 9.17) is 0 Å². The monoisotopic (exact) mass is 404 g/mol. The molecule has 5 heteroatoms. The van der Waals surface area contributed by atoms with Crippen LogP contribution in [0.1, 0.15) is 60.0 Å². The molecule has 158 valence electrons. The molecular formula is C25H32N4O. The molecule has 1 amide bonds. The maximum Gasteiger partial charge on any atom is 0.257 e. The molecule has 1 aromatic carbocycles. The molecule has 0 unspecified atom stereocenters. The molecule has 2 aromatic rings. The van der Waals surface area contributed by atoms with Crippen LogP contribution < -0.4 is 0 Å². The SMILES string of the molecule is C[C@@H]1CCCN1CCc1ccc([C@@H]2CC[C@@H]3CN(C(=O)c4cncnc4)C[C@@H]32)cc1. The molecule has 4 atom stereocenters. The molecule has 1 aromatic heterocycles. The summed E-state index contributed by atoms with van der Waals surface area (Å²) in [6.07, 6.45) is 11.0. The number of nitrogens with zero attached hydrogens (tertiary/aromatic N) is 4. The van der Waals surface area contributed by atoms with Crippen LogP contribution in [0.25, 0.3) is 0 Å². The van der Waals surface area contributed by atoms with E-state index in [1.54, 1.807) is 12.4 Å². The number of amides is 1. The number of carbonyl (C=O) groups excluding carboxylic acids is 1. The van der Waals surface area contributed by atoms with E-state index in [1.165, 1.54) is 56.2 Å². The van der Waals surface area contributed by atoms with Crippen LogP contribution in [0.3, 0.4) is 0 Å². The first-order valence-electron chi connectivity index (χ1n) is 11.6. The van der Waals surface area contributed by atoms with Crippen LogP contribution in [0.15, 0.2) is 43.0 Å². The molecule has 0 radical (unpaired) electrons. The van der Waals surface area contributed by atoms with Gasteiger partial charge in [-0.25, -0.2) is 9.97 Å². The van der Waals surface area contributed by atoms with Crippen molar-refractivity contribution >= 4 is 5.91 Å². The largest absolute Gasteiger partial charge is 0.338 e. The number of aromatic nitrogens is 2. The maximum absolute atomic E-state index is 12.8. The fourth-order valence-corrected chi connectivity index (χ4v) is 5.97. The van der Waals surface area contributed by atoms with Gasteiger partial charge in [0.2, 0.25) is 0 Å². The fourth-order valence-electron chi connectivity index (χ4n) is 5.97. The summed E-state index contributed by atoms with van der Waals surface area (Å²) in [6.45, 7) is 6.52. The molecule has 1 aliphatic carbocycles. The van der Waals surface area contributed by atoms with Crippen LogP contribution in [-0.2, 0) is 6.42 Å². The Morgan fingerprint density at radius 1 is 1.07 bits per heavy atom. The van der Waals surface area contributed by atoms with Crippen molar-refractivity contribution in [1.29, 1.82) is 0 Å². The van der Waals surface area contributed by atoms with Crippen molar-refractivity contribution in [3.05, 3.63) is 59.7 Å². The second-order valence-corrected chi connectivity index (χ2v) is 9.46. The van der Waals surface area contributed by atoms with Crippen molar-refractivity contribution < 1.29 is 4.79 Å². The van der Waals surface area contributed by atoms with E-state index in [0.29, 0.717) is 23.3 Å². The van der Waals surface area contributed by atoms with Gasteiger partial charge >= 0.3 is 0 Å². The Hall–Kier alpha value is -2.27. The first kappa shape index (κ1) is 19.7. The third-order valence-corrected chi connectivity index (χ3v) is 7.74. The number of hydrogen-bond acceptors (Lipinski definition) is 4. The van der Waals surface area contributed by atoms with E-state index in [-0.39, 0.29) is 5.91 Å². The highest BCUT2D eigenvalue weighted by Gasteiger charge is 2.44. The molecule has 0 spiro atoms. The average Bonchev–Trinajstić information content (AvgIpc) is 3.49. The summed E-state index contributed by atoms with van der Waals surface area (Å²) in [5, 5.41) is 0. The number of benzene rings is 1. The lowest BCUT2D eigenvalue weighted by Gasteiger charge is -2.22. The van der Waals surface area contributed by atoms with Crippen molar-refractivity contribution in [2.75, 3.05) is 26.2 Å². The Kier molecular flexibility index (Phi) is 5.55. The zero-order valence-corrected chi connectivity index (χ0v) is 17.9. The lowest BCUT2D eigenvalue weighted by Crippen LogP contribution is -2.30. The van der Waals surface area contributed by atoms with Crippen LogP contribution in [0.4, 0.5) is 0 Å². The van der Waals surface area contributed by atoms with Gasteiger partial charge in [0, 0.05) is 38.1 Å². The van der Waals surface area contributed by atoms with Gasteiger partial charge < -0.3 is 9.80 Å². The van der Waals surface area contributed by atoms with E-state index < -0.39 is 0 Å². The lowest BCUT2D eigenvalue weighted by atomic mass is 9.86. The summed E-state index contributed by atoms with van der Waals surface area (Å²) < 4.78 is 0. The smallest absolute Gasteiger partial charge is 0.257 e. The first-order chi connectivity index (χ1) is 14.7. The van der Waals surface area contributed by atoms with E-state index in [1.807, 2.05) is 4.90 Å². The van der Waals surface area contributed by atoms with Crippen LogP contribution >= 0.6 is 0 Å². The molecule has 5 nitrogen and oxygen atoms in total. The highest BCUT2D eigenvalue weighted by Crippen LogP contribution is 2.47. The zero-order valence-electron chi connectivity index (χ0n) is 17.9. The minimum Gasteiger partial charge on any atom is -0.338 e. The van der Waals surface area contributed by atoms with Gasteiger partial charge in [0.1, 0.15) is 6.33 Å². The van der Waals surface area contributed by atoms with Gasteiger partial charge in [-0.15, -0.1) is 0 Å². The fraction of sp³-hybridized carbons (Fsp3) is 0.560. The summed E-state index contributed by atoms with van der Waals surface area (Å²) in [7, 11) is 0. The van der Waals surface area contributed by atoms with E-state index in [9.17, 15) is 4.79 Å². The topological polar surface area (TPSA) is 49.3 Å². The molecule has 0 N–H and O–H groups in total. The Balaban J connectivity index is 1.21. The Bertz CT molecular complexity index is 868. The number of hydrogen-bond donors (Lipinski definition) is 0. The predicted molar refractivity (Wildman–Crippen MR) is 117 cm³/mol. The van der Waals surface area contributed by atoms with Crippen LogP contribution in [0, 0.1) is 11.8 Å². The highest BCUT2D eigenvalue weighted by molar-refractivity contribution is 5.93. The summed E-state index contributed by atoms with van der Waals surface area (Å²) >= 11 is 0. The highest BCUT2D eigenvalue weighted by atomic mass is 16.2. The Morgan fingerprint density at radius 3 is 2.60 bits per heavy atom. The first-order valence-corrected chi connectivity index (χ1v) is 11.6. The van der Waals surface area contributed by atoms with E-state index in [0.717, 1.165) is 25.6 Å². The van der Waals surface area contributed by atoms with Crippen molar-refractivity contribution in [2.24, 2.45) is 11.8 Å². The van der Waals surface area contributed by atoms with Crippen molar-refractivity contribution in [3.63, 3.8) is 0 Å². The standard InChI is InChI=1S/C25H32N4O/c1-18-3-2-11-28(18)12-10-19-4-6-20(7-5-19)23-9-8-21-15-29(16-24(21)23)25(30)22-13-26-17-27-14-22/h4-7,13-14,17-18,21,23-24H,2-3,8-12,15-16H2,1H3/t18-,21-,23+,24+/m1/s1. The summed E-state index contributed by atoms with van der Waals surface area (Å²) in [5.41, 5.74) is 3.50. The normalized spacial score (nSPS) is 28.8. The van der Waals surface area contributed by atoms with Crippen LogP contribution in [0.2, 0.25) is 0 Å². The second kappa shape index (κ2) is 8.46. The zero-order chi connectivity index (χ0) is 20.5. The van der Waals surface area contributed by atoms with Gasteiger partial charge in [-0.2, -0.15) is 0 Å². The van der Waals surface area contributed by atoms with Crippen molar-refractivity contribution in [1.82, 2.24) is 19.8 Å². The molecule has 3 aliphatic rings. The van der Waals surface area contributed by atoms with Gasteiger partial charge in [0.15, 0.2) is 0 Å². The minimum atomic E-state index is 0.0789. The van der Waals surface area contributed by atoms with Gasteiger partial charge in [-0.1, -0.05) is 24.3 Å². The molecule has 2 aliphatic heterocycles. The van der Waals surface area contributed by atoms with Gasteiger partial charge in [-0.05, 0) is 74.5 Å². The van der Waals surface area contributed by atoms with E-state index >= 15 is 0 Å². The van der Waals surface area contributed by atoms with Crippen LogP contribution in [-0.4, -0.2) is 57.9 Å². The van der Waals surface area contributed by atoms with Crippen molar-refractivity contribution in [3.8, 4) is 0 Å². The molecule has 0 bridgehead atoms.